The van der Waals surface area contributed by atoms with Crippen LogP contribution in [0.3, 0.4) is 0 Å². The zero-order valence-corrected chi connectivity index (χ0v) is 10.3. The second kappa shape index (κ2) is 4.53. The fourth-order valence-electron chi connectivity index (χ4n) is 2.76. The number of nitrogens with one attached hydrogen (secondary N) is 1. The van der Waals surface area contributed by atoms with Crippen LogP contribution < -0.4 is 5.32 Å². The minimum absolute atomic E-state index is 0.470. The van der Waals surface area contributed by atoms with Crippen LogP contribution in [0.4, 0.5) is 0 Å². The fourth-order valence-corrected chi connectivity index (χ4v) is 2.76. The summed E-state index contributed by atoms with van der Waals surface area (Å²) in [4.78, 5) is 0. The summed E-state index contributed by atoms with van der Waals surface area (Å²) in [5.74, 6) is 0.788. The average molecular weight is 229 g/mol. The van der Waals surface area contributed by atoms with Crippen LogP contribution in [0.25, 0.3) is 11.0 Å². The predicted octanol–water partition coefficient (Wildman–Crippen LogP) is 3.88. The lowest BCUT2D eigenvalue weighted by Gasteiger charge is -2.34. The van der Waals surface area contributed by atoms with Crippen molar-refractivity contribution in [2.45, 2.75) is 32.2 Å². The van der Waals surface area contributed by atoms with Crippen LogP contribution in [0.2, 0.25) is 0 Å². The molecule has 1 aliphatic carbocycles. The molecule has 1 saturated carbocycles. The zero-order chi connectivity index (χ0) is 11.7. The summed E-state index contributed by atoms with van der Waals surface area (Å²) in [5, 5.41) is 4.89. The molecule has 1 aromatic carbocycles. The molecule has 0 bridgehead atoms. The van der Waals surface area contributed by atoms with E-state index in [4.69, 9.17) is 4.42 Å². The van der Waals surface area contributed by atoms with E-state index < -0.39 is 0 Å². The van der Waals surface area contributed by atoms with Gasteiger partial charge in [-0.25, -0.2) is 0 Å². The van der Waals surface area contributed by atoms with Gasteiger partial charge < -0.3 is 9.73 Å². The highest BCUT2D eigenvalue weighted by atomic mass is 16.3. The monoisotopic (exact) mass is 229 g/mol. The third-order valence-electron chi connectivity index (χ3n) is 3.89. The minimum atomic E-state index is 0.470. The highest BCUT2D eigenvalue weighted by Crippen LogP contribution is 2.40. The van der Waals surface area contributed by atoms with Gasteiger partial charge in [-0.15, -0.1) is 0 Å². The highest BCUT2D eigenvalue weighted by Gasteiger charge is 2.29. The number of benzene rings is 1. The van der Waals surface area contributed by atoms with Gasteiger partial charge in [0.15, 0.2) is 0 Å². The SMILES string of the molecule is CCNC(c1coc2ccccc12)C1CCC1. The molecule has 3 rings (SSSR count). The van der Waals surface area contributed by atoms with Gasteiger partial charge in [0.2, 0.25) is 0 Å². The van der Waals surface area contributed by atoms with Crippen LogP contribution >= 0.6 is 0 Å². The molecule has 0 saturated heterocycles. The number of furan rings is 1. The zero-order valence-electron chi connectivity index (χ0n) is 10.3. The average Bonchev–Trinajstić information content (AvgIpc) is 2.69. The third-order valence-corrected chi connectivity index (χ3v) is 3.89. The largest absolute Gasteiger partial charge is 0.464 e. The quantitative estimate of drug-likeness (QED) is 0.860. The predicted molar refractivity (Wildman–Crippen MR) is 70.0 cm³/mol. The second-order valence-electron chi connectivity index (χ2n) is 4.91. The molecule has 0 aliphatic heterocycles. The van der Waals surface area contributed by atoms with Gasteiger partial charge in [-0.2, -0.15) is 0 Å². The Hall–Kier alpha value is -1.28. The standard InChI is InChI=1S/C15H19NO/c1-2-16-15(11-6-5-7-11)13-10-17-14-9-4-3-8-12(13)14/h3-4,8-11,15-16H,2,5-7H2,1H3. The summed E-state index contributed by atoms with van der Waals surface area (Å²) >= 11 is 0. The Kier molecular flexibility index (Phi) is 2.89. The summed E-state index contributed by atoms with van der Waals surface area (Å²) in [6.45, 7) is 3.19. The van der Waals surface area contributed by atoms with Crippen molar-refractivity contribution in [1.29, 1.82) is 0 Å². The van der Waals surface area contributed by atoms with Gasteiger partial charge in [0, 0.05) is 17.0 Å². The molecule has 0 amide bonds. The second-order valence-corrected chi connectivity index (χ2v) is 4.91. The van der Waals surface area contributed by atoms with Gasteiger partial charge in [-0.1, -0.05) is 31.5 Å². The highest BCUT2D eigenvalue weighted by molar-refractivity contribution is 5.81. The van der Waals surface area contributed by atoms with Crippen molar-refractivity contribution in [3.63, 3.8) is 0 Å². The molecule has 17 heavy (non-hydrogen) atoms. The summed E-state index contributed by atoms with van der Waals surface area (Å²) in [6, 6.07) is 8.80. The van der Waals surface area contributed by atoms with Crippen LogP contribution in [-0.4, -0.2) is 6.54 Å². The first-order valence-corrected chi connectivity index (χ1v) is 6.59. The van der Waals surface area contributed by atoms with E-state index in [1.54, 1.807) is 0 Å². The number of hydrogen-bond acceptors (Lipinski definition) is 2. The first kappa shape index (κ1) is 10.8. The molecule has 0 spiro atoms. The van der Waals surface area contributed by atoms with E-state index in [1.165, 1.54) is 30.2 Å². The summed E-state index contributed by atoms with van der Waals surface area (Å²) in [5.41, 5.74) is 2.34. The fraction of sp³-hybridized carbons (Fsp3) is 0.467. The van der Waals surface area contributed by atoms with Crippen molar-refractivity contribution >= 4 is 11.0 Å². The summed E-state index contributed by atoms with van der Waals surface area (Å²) in [6.07, 6.45) is 6.01. The molecule has 1 N–H and O–H groups in total. The van der Waals surface area contributed by atoms with Crippen LogP contribution in [0.15, 0.2) is 34.9 Å². The van der Waals surface area contributed by atoms with Crippen molar-refractivity contribution in [3.05, 3.63) is 36.1 Å². The lowest BCUT2D eigenvalue weighted by atomic mass is 9.77. The number of fused-ring (bicyclic) bond motifs is 1. The molecule has 1 aromatic heterocycles. The topological polar surface area (TPSA) is 25.2 Å². The molecule has 1 unspecified atom stereocenters. The molecule has 90 valence electrons. The van der Waals surface area contributed by atoms with Crippen LogP contribution in [-0.2, 0) is 0 Å². The molecule has 1 aliphatic rings. The van der Waals surface area contributed by atoms with Gasteiger partial charge in [0.25, 0.3) is 0 Å². The maximum absolute atomic E-state index is 5.66. The molecule has 2 aromatic rings. The molecule has 2 nitrogen and oxygen atoms in total. The molecular formula is C15H19NO. The molecule has 1 fully saturated rings. The Morgan fingerprint density at radius 1 is 1.35 bits per heavy atom. The molecule has 1 heterocycles. The first-order valence-electron chi connectivity index (χ1n) is 6.59. The van der Waals surface area contributed by atoms with E-state index in [1.807, 2.05) is 18.4 Å². The normalized spacial score (nSPS) is 18.2. The summed E-state index contributed by atoms with van der Waals surface area (Å²) in [7, 11) is 0. The van der Waals surface area contributed by atoms with E-state index in [2.05, 4.69) is 24.4 Å². The Labute approximate surface area is 102 Å². The van der Waals surface area contributed by atoms with E-state index in [0.29, 0.717) is 6.04 Å². The third kappa shape index (κ3) is 1.87. The lowest BCUT2D eigenvalue weighted by molar-refractivity contribution is 0.233. The maximum atomic E-state index is 5.66. The van der Waals surface area contributed by atoms with Crippen molar-refractivity contribution in [1.82, 2.24) is 5.32 Å². The molecule has 0 radical (unpaired) electrons. The Morgan fingerprint density at radius 3 is 2.88 bits per heavy atom. The number of rotatable bonds is 4. The van der Waals surface area contributed by atoms with Crippen LogP contribution in [0, 0.1) is 5.92 Å². The van der Waals surface area contributed by atoms with Crippen molar-refractivity contribution in [3.8, 4) is 0 Å². The van der Waals surface area contributed by atoms with E-state index >= 15 is 0 Å². The van der Waals surface area contributed by atoms with E-state index in [-0.39, 0.29) is 0 Å². The van der Waals surface area contributed by atoms with Gasteiger partial charge in [-0.05, 0) is 31.4 Å². The van der Waals surface area contributed by atoms with Gasteiger partial charge in [0.1, 0.15) is 5.58 Å². The lowest BCUT2D eigenvalue weighted by Crippen LogP contribution is -2.31. The first-order chi connectivity index (χ1) is 8.40. The molecule has 2 heteroatoms. The minimum Gasteiger partial charge on any atom is -0.464 e. The number of para-hydroxylation sites is 1. The summed E-state index contributed by atoms with van der Waals surface area (Å²) < 4.78 is 5.66. The Bertz CT molecular complexity index is 498. The smallest absolute Gasteiger partial charge is 0.134 e. The number of hydrogen-bond donors (Lipinski definition) is 1. The van der Waals surface area contributed by atoms with Crippen LogP contribution in [0.5, 0.6) is 0 Å². The molecular weight excluding hydrogens is 210 g/mol. The van der Waals surface area contributed by atoms with Gasteiger partial charge in [0.05, 0.1) is 6.26 Å². The van der Waals surface area contributed by atoms with Crippen molar-refractivity contribution < 1.29 is 4.42 Å². The maximum Gasteiger partial charge on any atom is 0.134 e. The van der Waals surface area contributed by atoms with E-state index in [0.717, 1.165) is 18.0 Å². The van der Waals surface area contributed by atoms with Gasteiger partial charge in [-0.3, -0.25) is 0 Å². The Morgan fingerprint density at radius 2 is 2.18 bits per heavy atom. The molecule has 1 atom stereocenters. The van der Waals surface area contributed by atoms with Crippen molar-refractivity contribution in [2.75, 3.05) is 6.54 Å². The van der Waals surface area contributed by atoms with Crippen molar-refractivity contribution in [2.24, 2.45) is 5.92 Å². The van der Waals surface area contributed by atoms with Crippen LogP contribution in [0.1, 0.15) is 37.8 Å². The van der Waals surface area contributed by atoms with E-state index in [9.17, 15) is 0 Å². The van der Waals surface area contributed by atoms with Gasteiger partial charge >= 0.3 is 0 Å². The Balaban J connectivity index is 1.99.